The molecule has 0 aliphatic carbocycles. The standard InChI is InChI=1S/C26H32N4O5S/c1-16-12-19-21(29(6)24(16)31)13-17(35-7)14-22(19)30-11-10-28(5)20-9-8-18(15-23(20)30)36(33,34)27-25(32)26(2,3)4/h8-9,12-15H,10-11H2,1-7H3,(H,27,32). The molecule has 1 aromatic heterocycles. The molecule has 2 heterocycles. The molecule has 1 aliphatic rings. The van der Waals surface area contributed by atoms with Gasteiger partial charge < -0.3 is 19.1 Å². The lowest BCUT2D eigenvalue weighted by atomic mass is 9.96. The summed E-state index contributed by atoms with van der Waals surface area (Å²) in [6, 6.07) is 10.4. The number of amides is 1. The van der Waals surface area contributed by atoms with Crippen LogP contribution in [0.2, 0.25) is 0 Å². The number of aromatic nitrogens is 1. The Labute approximate surface area is 211 Å². The maximum absolute atomic E-state index is 13.1. The van der Waals surface area contributed by atoms with Crippen LogP contribution in [0.15, 0.2) is 46.1 Å². The number of carbonyl (C=O) groups is 1. The van der Waals surface area contributed by atoms with Crippen LogP contribution >= 0.6 is 0 Å². The molecule has 0 saturated carbocycles. The molecule has 4 rings (SSSR count). The van der Waals surface area contributed by atoms with Gasteiger partial charge >= 0.3 is 0 Å². The third kappa shape index (κ3) is 4.41. The van der Waals surface area contributed by atoms with E-state index in [1.54, 1.807) is 58.6 Å². The molecule has 192 valence electrons. The zero-order valence-electron chi connectivity index (χ0n) is 21.7. The third-order valence-electron chi connectivity index (χ3n) is 6.53. The Morgan fingerprint density at radius 1 is 1.00 bits per heavy atom. The van der Waals surface area contributed by atoms with Crippen LogP contribution in [0.5, 0.6) is 5.75 Å². The van der Waals surface area contributed by atoms with Crippen LogP contribution < -0.4 is 24.8 Å². The van der Waals surface area contributed by atoms with E-state index >= 15 is 0 Å². The summed E-state index contributed by atoms with van der Waals surface area (Å²) in [5, 5.41) is 0.847. The highest BCUT2D eigenvalue weighted by atomic mass is 32.2. The van der Waals surface area contributed by atoms with Crippen molar-refractivity contribution in [3.8, 4) is 5.75 Å². The first-order valence-corrected chi connectivity index (χ1v) is 13.1. The molecule has 9 nitrogen and oxygen atoms in total. The van der Waals surface area contributed by atoms with E-state index in [1.807, 2.05) is 30.1 Å². The lowest BCUT2D eigenvalue weighted by Gasteiger charge is -2.38. The highest BCUT2D eigenvalue weighted by Crippen LogP contribution is 2.42. The number of carbonyl (C=O) groups excluding carboxylic acids is 1. The number of nitrogens with zero attached hydrogens (tertiary/aromatic N) is 3. The molecule has 1 aliphatic heterocycles. The Bertz CT molecular complexity index is 1540. The SMILES string of the molecule is COc1cc(N2CCN(C)c3ccc(S(=O)(=O)NC(=O)C(C)(C)C)cc32)c2cc(C)c(=O)n(C)c2c1. The highest BCUT2D eigenvalue weighted by molar-refractivity contribution is 7.90. The van der Waals surface area contributed by atoms with E-state index in [4.69, 9.17) is 4.74 Å². The van der Waals surface area contributed by atoms with Gasteiger partial charge in [0.05, 0.1) is 34.6 Å². The predicted molar refractivity (Wildman–Crippen MR) is 142 cm³/mol. The van der Waals surface area contributed by atoms with Crippen molar-refractivity contribution < 1.29 is 17.9 Å². The monoisotopic (exact) mass is 512 g/mol. The molecule has 0 unspecified atom stereocenters. The second kappa shape index (κ2) is 8.85. The molecular weight excluding hydrogens is 480 g/mol. The van der Waals surface area contributed by atoms with Gasteiger partial charge in [0, 0.05) is 55.7 Å². The molecule has 0 radical (unpaired) electrons. The van der Waals surface area contributed by atoms with Crippen molar-refractivity contribution in [1.29, 1.82) is 0 Å². The fraction of sp³-hybridized carbons (Fsp3) is 0.385. The van der Waals surface area contributed by atoms with Gasteiger partial charge in [-0.1, -0.05) is 20.8 Å². The summed E-state index contributed by atoms with van der Waals surface area (Å²) in [5.74, 6) is 0.00225. The van der Waals surface area contributed by atoms with Crippen LogP contribution in [-0.2, 0) is 21.9 Å². The number of fused-ring (bicyclic) bond motifs is 2. The van der Waals surface area contributed by atoms with Gasteiger partial charge in [-0.15, -0.1) is 0 Å². The number of hydrogen-bond donors (Lipinski definition) is 1. The predicted octanol–water partition coefficient (Wildman–Crippen LogP) is 3.29. The Morgan fingerprint density at radius 3 is 2.33 bits per heavy atom. The normalized spacial score (nSPS) is 14.1. The molecule has 0 atom stereocenters. The number of benzene rings is 2. The summed E-state index contributed by atoms with van der Waals surface area (Å²) in [6.45, 7) is 8.02. The largest absolute Gasteiger partial charge is 0.497 e. The van der Waals surface area contributed by atoms with Crippen molar-refractivity contribution in [2.75, 3.05) is 37.0 Å². The van der Waals surface area contributed by atoms with Crippen LogP contribution in [0.25, 0.3) is 10.9 Å². The fourth-order valence-electron chi connectivity index (χ4n) is 4.30. The van der Waals surface area contributed by atoms with E-state index in [2.05, 4.69) is 9.62 Å². The van der Waals surface area contributed by atoms with Gasteiger partial charge in [-0.25, -0.2) is 13.1 Å². The molecule has 0 bridgehead atoms. The molecule has 36 heavy (non-hydrogen) atoms. The summed E-state index contributed by atoms with van der Waals surface area (Å²) < 4.78 is 35.6. The summed E-state index contributed by atoms with van der Waals surface area (Å²) in [4.78, 5) is 29.1. The quantitative estimate of drug-likeness (QED) is 0.572. The second-order valence-electron chi connectivity index (χ2n) is 10.2. The van der Waals surface area contributed by atoms with Crippen molar-refractivity contribution in [3.63, 3.8) is 0 Å². The van der Waals surface area contributed by atoms with Gasteiger partial charge in [0.25, 0.3) is 15.6 Å². The van der Waals surface area contributed by atoms with E-state index in [9.17, 15) is 18.0 Å². The number of ether oxygens (including phenoxy) is 1. The van der Waals surface area contributed by atoms with Gasteiger partial charge in [-0.2, -0.15) is 0 Å². The molecule has 0 fully saturated rings. The van der Waals surface area contributed by atoms with Gasteiger partial charge in [0.15, 0.2) is 0 Å². The van der Waals surface area contributed by atoms with Crippen molar-refractivity contribution in [2.45, 2.75) is 32.6 Å². The number of anilines is 3. The van der Waals surface area contributed by atoms with E-state index in [0.29, 0.717) is 35.6 Å². The van der Waals surface area contributed by atoms with Crippen molar-refractivity contribution >= 4 is 43.9 Å². The van der Waals surface area contributed by atoms with Gasteiger partial charge in [-0.3, -0.25) is 9.59 Å². The molecule has 1 amide bonds. The molecular formula is C26H32N4O5S. The maximum Gasteiger partial charge on any atom is 0.264 e. The van der Waals surface area contributed by atoms with Gasteiger partial charge in [0.2, 0.25) is 5.91 Å². The van der Waals surface area contributed by atoms with Crippen LogP contribution in [0, 0.1) is 12.3 Å². The van der Waals surface area contributed by atoms with Crippen molar-refractivity contribution in [3.05, 3.63) is 52.3 Å². The zero-order valence-corrected chi connectivity index (χ0v) is 22.5. The molecule has 1 N–H and O–H groups in total. The first kappa shape index (κ1) is 25.6. The number of pyridine rings is 1. The molecule has 0 spiro atoms. The minimum Gasteiger partial charge on any atom is -0.497 e. The summed E-state index contributed by atoms with van der Waals surface area (Å²) >= 11 is 0. The van der Waals surface area contributed by atoms with E-state index in [0.717, 1.165) is 16.8 Å². The minimum atomic E-state index is -4.09. The number of sulfonamides is 1. The topological polar surface area (TPSA) is 101 Å². The molecule has 0 saturated heterocycles. The summed E-state index contributed by atoms with van der Waals surface area (Å²) in [6.07, 6.45) is 0. The third-order valence-corrected chi connectivity index (χ3v) is 7.86. The van der Waals surface area contributed by atoms with Crippen molar-refractivity contribution in [2.24, 2.45) is 12.5 Å². The highest BCUT2D eigenvalue weighted by Gasteiger charge is 2.30. The van der Waals surface area contributed by atoms with Crippen LogP contribution in [0.4, 0.5) is 17.1 Å². The number of hydrogen-bond acceptors (Lipinski definition) is 7. The summed E-state index contributed by atoms with van der Waals surface area (Å²) in [5.41, 5.74) is 2.68. The summed E-state index contributed by atoms with van der Waals surface area (Å²) in [7, 11) is 1.15. The average Bonchev–Trinajstić information content (AvgIpc) is 2.81. The average molecular weight is 513 g/mol. The zero-order chi connectivity index (χ0) is 26.6. The van der Waals surface area contributed by atoms with Gasteiger partial charge in [0.1, 0.15) is 5.75 Å². The van der Waals surface area contributed by atoms with Crippen LogP contribution in [0.3, 0.4) is 0 Å². The number of nitrogens with one attached hydrogen (secondary N) is 1. The van der Waals surface area contributed by atoms with Gasteiger partial charge in [-0.05, 0) is 31.2 Å². The molecule has 3 aromatic rings. The van der Waals surface area contributed by atoms with E-state index < -0.39 is 21.3 Å². The number of rotatable bonds is 4. The Balaban J connectivity index is 1.92. The first-order valence-electron chi connectivity index (χ1n) is 11.6. The Hall–Kier alpha value is -3.53. The van der Waals surface area contributed by atoms with Crippen LogP contribution in [-0.4, -0.2) is 46.1 Å². The van der Waals surface area contributed by atoms with Crippen molar-refractivity contribution in [1.82, 2.24) is 9.29 Å². The number of aryl methyl sites for hydroxylation is 2. The second-order valence-corrected chi connectivity index (χ2v) is 11.9. The van der Waals surface area contributed by atoms with Crippen LogP contribution in [0.1, 0.15) is 26.3 Å². The lowest BCUT2D eigenvalue weighted by Crippen LogP contribution is -2.39. The lowest BCUT2D eigenvalue weighted by molar-refractivity contribution is -0.126. The number of methoxy groups -OCH3 is 1. The minimum absolute atomic E-state index is 0.00469. The Morgan fingerprint density at radius 2 is 1.69 bits per heavy atom. The first-order chi connectivity index (χ1) is 16.7. The number of likely N-dealkylation sites (N-methyl/N-ethyl adjacent to an activating group) is 1. The fourth-order valence-corrected chi connectivity index (χ4v) is 5.48. The Kier molecular flexibility index (Phi) is 6.28. The maximum atomic E-state index is 13.1. The molecule has 2 aromatic carbocycles. The smallest absolute Gasteiger partial charge is 0.264 e. The molecule has 10 heteroatoms. The van der Waals surface area contributed by atoms with E-state index in [-0.39, 0.29) is 10.5 Å². The van der Waals surface area contributed by atoms with E-state index in [1.165, 1.54) is 6.07 Å².